The molecule has 0 spiro atoms. The third kappa shape index (κ3) is 5.37. The lowest BCUT2D eigenvalue weighted by Gasteiger charge is -2.10. The molecule has 3 aromatic rings. The largest absolute Gasteiger partial charge is 0.351 e. The Morgan fingerprint density at radius 3 is 2.57 bits per heavy atom. The molecule has 7 nitrogen and oxygen atoms in total. The van der Waals surface area contributed by atoms with Gasteiger partial charge in [-0.2, -0.15) is 0 Å². The number of amides is 1. The van der Waals surface area contributed by atoms with Gasteiger partial charge in [-0.15, -0.1) is 5.10 Å². The minimum absolute atomic E-state index is 0.232. The number of carbonyl (C=O) groups excluding carboxylic acids is 1. The van der Waals surface area contributed by atoms with E-state index in [0.29, 0.717) is 33.9 Å². The van der Waals surface area contributed by atoms with Crippen LogP contribution in [-0.2, 0) is 5.75 Å². The number of benzene rings is 1. The van der Waals surface area contributed by atoms with E-state index in [9.17, 15) is 4.79 Å². The first-order valence-corrected chi connectivity index (χ1v) is 11.2. The predicted octanol–water partition coefficient (Wildman–Crippen LogP) is 4.46. The summed E-state index contributed by atoms with van der Waals surface area (Å²) in [4.78, 5) is 21.7. The summed E-state index contributed by atoms with van der Waals surface area (Å²) in [7, 11) is 0. The van der Waals surface area contributed by atoms with E-state index in [0.717, 1.165) is 35.5 Å². The van der Waals surface area contributed by atoms with Gasteiger partial charge in [0.15, 0.2) is 10.9 Å². The second-order valence-electron chi connectivity index (χ2n) is 7.06. The number of aryl methyl sites for hydroxylation is 3. The van der Waals surface area contributed by atoms with E-state index in [2.05, 4.69) is 32.5 Å². The first-order chi connectivity index (χ1) is 14.4. The van der Waals surface area contributed by atoms with Crippen LogP contribution in [0.3, 0.4) is 0 Å². The highest BCUT2D eigenvalue weighted by Crippen LogP contribution is 2.25. The van der Waals surface area contributed by atoms with Crippen molar-refractivity contribution in [3.63, 3.8) is 0 Å². The molecular formula is C21H25ClN6OS. The Morgan fingerprint density at radius 1 is 1.17 bits per heavy atom. The molecule has 0 saturated heterocycles. The Kier molecular flexibility index (Phi) is 7.44. The van der Waals surface area contributed by atoms with E-state index in [1.807, 2.05) is 45.0 Å². The molecule has 0 unspecified atom stereocenters. The molecule has 30 heavy (non-hydrogen) atoms. The Balaban J connectivity index is 1.94. The fraction of sp³-hybridized carbons (Fsp3) is 0.381. The van der Waals surface area contributed by atoms with Crippen LogP contribution < -0.4 is 5.32 Å². The van der Waals surface area contributed by atoms with Gasteiger partial charge in [-0.25, -0.2) is 14.6 Å². The molecule has 0 aliphatic carbocycles. The minimum Gasteiger partial charge on any atom is -0.351 e. The normalized spacial score (nSPS) is 11.0. The quantitative estimate of drug-likeness (QED) is 0.313. The van der Waals surface area contributed by atoms with Crippen molar-refractivity contribution in [1.29, 1.82) is 0 Å². The van der Waals surface area contributed by atoms with Crippen molar-refractivity contribution in [2.75, 3.05) is 6.54 Å². The molecule has 0 atom stereocenters. The molecule has 9 heteroatoms. The molecule has 1 aromatic carbocycles. The lowest BCUT2D eigenvalue weighted by atomic mass is 10.2. The molecule has 0 radical (unpaired) electrons. The Labute approximate surface area is 185 Å². The van der Waals surface area contributed by atoms with Gasteiger partial charge in [-0.1, -0.05) is 48.0 Å². The molecular weight excluding hydrogens is 420 g/mol. The van der Waals surface area contributed by atoms with Crippen LogP contribution >= 0.6 is 23.4 Å². The van der Waals surface area contributed by atoms with E-state index < -0.39 is 0 Å². The highest BCUT2D eigenvalue weighted by molar-refractivity contribution is 7.98. The van der Waals surface area contributed by atoms with Crippen molar-refractivity contribution in [1.82, 2.24) is 30.3 Å². The number of thioether (sulfide) groups is 1. The van der Waals surface area contributed by atoms with E-state index in [4.69, 9.17) is 11.6 Å². The molecule has 0 aliphatic rings. The zero-order chi connectivity index (χ0) is 21.7. The second-order valence-corrected chi connectivity index (χ2v) is 8.41. The first kappa shape index (κ1) is 22.2. The standard InChI is InChI=1S/C21H25ClN6OS/c1-5-6-9-23-20(29)19-18(12-30-21-24-14(3)10-15(4)25-21)28(27-26-19)16-8-7-13(2)17(22)11-16/h7-8,10-11H,5-6,9,12H2,1-4H3,(H,23,29). The second kappa shape index (κ2) is 10.0. The monoisotopic (exact) mass is 444 g/mol. The fourth-order valence-corrected chi connectivity index (χ4v) is 4.00. The first-order valence-electron chi connectivity index (χ1n) is 9.83. The number of aromatic nitrogens is 5. The number of nitrogens with one attached hydrogen (secondary N) is 1. The van der Waals surface area contributed by atoms with Gasteiger partial charge < -0.3 is 5.32 Å². The maximum atomic E-state index is 12.7. The number of hydrogen-bond acceptors (Lipinski definition) is 6. The van der Waals surface area contributed by atoms with Crippen LogP contribution in [0, 0.1) is 20.8 Å². The average Bonchev–Trinajstić information content (AvgIpc) is 3.12. The van der Waals surface area contributed by atoms with E-state index in [-0.39, 0.29) is 5.91 Å². The zero-order valence-corrected chi connectivity index (χ0v) is 19.1. The van der Waals surface area contributed by atoms with Gasteiger partial charge in [-0.05, 0) is 51.0 Å². The molecule has 3 rings (SSSR count). The van der Waals surface area contributed by atoms with Gasteiger partial charge in [-0.3, -0.25) is 4.79 Å². The maximum absolute atomic E-state index is 12.7. The van der Waals surface area contributed by atoms with E-state index in [1.54, 1.807) is 4.68 Å². The van der Waals surface area contributed by atoms with Crippen molar-refractivity contribution in [3.05, 3.63) is 57.6 Å². The van der Waals surface area contributed by atoms with Crippen molar-refractivity contribution >= 4 is 29.3 Å². The third-order valence-corrected chi connectivity index (χ3v) is 5.76. The summed E-state index contributed by atoms with van der Waals surface area (Å²) in [5.74, 6) is 0.211. The summed E-state index contributed by atoms with van der Waals surface area (Å²) < 4.78 is 1.66. The number of hydrogen-bond donors (Lipinski definition) is 1. The van der Waals surface area contributed by atoms with Gasteiger partial charge in [0.25, 0.3) is 5.91 Å². The van der Waals surface area contributed by atoms with Crippen LogP contribution in [0.25, 0.3) is 5.69 Å². The lowest BCUT2D eigenvalue weighted by molar-refractivity contribution is 0.0947. The fourth-order valence-electron chi connectivity index (χ4n) is 2.88. The number of rotatable bonds is 8. The summed E-state index contributed by atoms with van der Waals surface area (Å²) in [6.45, 7) is 8.49. The van der Waals surface area contributed by atoms with Crippen LogP contribution in [0.1, 0.15) is 52.9 Å². The van der Waals surface area contributed by atoms with Crippen molar-refractivity contribution in [2.24, 2.45) is 0 Å². The van der Waals surface area contributed by atoms with Gasteiger partial charge in [0, 0.05) is 28.7 Å². The van der Waals surface area contributed by atoms with E-state index in [1.165, 1.54) is 11.8 Å². The molecule has 1 N–H and O–H groups in total. The summed E-state index contributed by atoms with van der Waals surface area (Å²) >= 11 is 7.76. The summed E-state index contributed by atoms with van der Waals surface area (Å²) in [6.07, 6.45) is 1.91. The van der Waals surface area contributed by atoms with Crippen LogP contribution in [0.4, 0.5) is 0 Å². The van der Waals surface area contributed by atoms with Crippen molar-refractivity contribution in [3.8, 4) is 5.69 Å². The third-order valence-electron chi connectivity index (χ3n) is 4.49. The number of halogens is 1. The van der Waals surface area contributed by atoms with Crippen molar-refractivity contribution < 1.29 is 4.79 Å². The summed E-state index contributed by atoms with van der Waals surface area (Å²) in [6, 6.07) is 7.59. The maximum Gasteiger partial charge on any atom is 0.273 e. The highest BCUT2D eigenvalue weighted by Gasteiger charge is 2.21. The highest BCUT2D eigenvalue weighted by atomic mass is 35.5. The molecule has 0 bridgehead atoms. The molecule has 0 saturated carbocycles. The van der Waals surface area contributed by atoms with Gasteiger partial charge in [0.2, 0.25) is 0 Å². The van der Waals surface area contributed by atoms with E-state index >= 15 is 0 Å². The lowest BCUT2D eigenvalue weighted by Crippen LogP contribution is -2.26. The summed E-state index contributed by atoms with van der Waals surface area (Å²) in [5, 5.41) is 12.6. The van der Waals surface area contributed by atoms with Gasteiger partial charge in [0.05, 0.1) is 11.4 Å². The molecule has 158 valence electrons. The molecule has 2 heterocycles. The summed E-state index contributed by atoms with van der Waals surface area (Å²) in [5.41, 5.74) is 4.51. The molecule has 2 aromatic heterocycles. The Morgan fingerprint density at radius 2 is 1.90 bits per heavy atom. The number of nitrogens with zero attached hydrogens (tertiary/aromatic N) is 5. The van der Waals surface area contributed by atoms with Gasteiger partial charge in [0.1, 0.15) is 0 Å². The smallest absolute Gasteiger partial charge is 0.273 e. The van der Waals surface area contributed by atoms with Gasteiger partial charge >= 0.3 is 0 Å². The minimum atomic E-state index is -0.232. The topological polar surface area (TPSA) is 85.6 Å². The van der Waals surface area contributed by atoms with Crippen molar-refractivity contribution in [2.45, 2.75) is 51.4 Å². The average molecular weight is 445 g/mol. The molecule has 0 aliphatic heterocycles. The number of carbonyl (C=O) groups is 1. The molecule has 0 fully saturated rings. The van der Waals surface area contributed by atoms with Crippen LogP contribution in [-0.4, -0.2) is 37.4 Å². The SMILES string of the molecule is CCCCNC(=O)c1nnn(-c2ccc(C)c(Cl)c2)c1CSc1nc(C)cc(C)n1. The Hall–Kier alpha value is -2.45. The zero-order valence-electron chi connectivity index (χ0n) is 17.6. The van der Waals surface area contributed by atoms with Crippen LogP contribution in [0.2, 0.25) is 5.02 Å². The van der Waals surface area contributed by atoms with Crippen LogP contribution in [0.15, 0.2) is 29.4 Å². The predicted molar refractivity (Wildman–Crippen MR) is 119 cm³/mol. The van der Waals surface area contributed by atoms with Crippen LogP contribution in [0.5, 0.6) is 0 Å². The Bertz CT molecular complexity index is 1030. The molecule has 1 amide bonds. The number of unbranched alkanes of at least 4 members (excludes halogenated alkanes) is 1.